The second kappa shape index (κ2) is 5.21. The molecule has 4 saturated carbocycles. The third-order valence-corrected chi connectivity index (χ3v) is 7.18. The van der Waals surface area contributed by atoms with Gasteiger partial charge in [-0.25, -0.2) is 8.42 Å². The smallest absolute Gasteiger partial charge is 0.261 e. The second-order valence-electron chi connectivity index (χ2n) is 7.61. The van der Waals surface area contributed by atoms with Crippen molar-refractivity contribution in [2.45, 2.75) is 49.0 Å². The molecule has 0 unspecified atom stereocenters. The number of amides is 1. The lowest BCUT2D eigenvalue weighted by molar-refractivity contribution is -0.0167. The van der Waals surface area contributed by atoms with Crippen LogP contribution in [-0.2, 0) is 9.05 Å². The highest BCUT2D eigenvalue weighted by Crippen LogP contribution is 2.55. The molecule has 0 spiro atoms. The molecule has 0 radical (unpaired) electrons. The number of halogens is 1. The Morgan fingerprint density at radius 2 is 1.48 bits per heavy atom. The summed E-state index contributed by atoms with van der Waals surface area (Å²) in [6, 6.07) is 5.84. The molecule has 23 heavy (non-hydrogen) atoms. The molecule has 4 nitrogen and oxygen atoms in total. The summed E-state index contributed by atoms with van der Waals surface area (Å²) in [4.78, 5) is 12.6. The SMILES string of the molecule is O=C(NC12CC3CC(CC(C3)C1)C2)c1ccc(S(=O)(=O)Cl)cc1. The minimum absolute atomic E-state index is 0.0190. The maximum atomic E-state index is 12.6. The van der Waals surface area contributed by atoms with Gasteiger partial charge in [0.1, 0.15) is 0 Å². The standard InChI is InChI=1S/C17H20ClNO3S/c18-23(21,22)15-3-1-14(2-4-15)16(20)19-17-8-11-5-12(9-17)7-13(6-11)10-17/h1-4,11-13H,5-10H2,(H,19,20). The van der Waals surface area contributed by atoms with Gasteiger partial charge in [0.2, 0.25) is 0 Å². The van der Waals surface area contributed by atoms with E-state index in [4.69, 9.17) is 10.7 Å². The molecule has 4 bridgehead atoms. The lowest BCUT2D eigenvalue weighted by Gasteiger charge is -2.56. The van der Waals surface area contributed by atoms with Crippen molar-refractivity contribution in [2.24, 2.45) is 17.8 Å². The average Bonchev–Trinajstić information content (AvgIpc) is 2.44. The number of carbonyl (C=O) groups is 1. The zero-order chi connectivity index (χ0) is 16.2. The van der Waals surface area contributed by atoms with E-state index in [0.29, 0.717) is 5.56 Å². The van der Waals surface area contributed by atoms with E-state index >= 15 is 0 Å². The van der Waals surface area contributed by atoms with E-state index in [1.54, 1.807) is 0 Å². The summed E-state index contributed by atoms with van der Waals surface area (Å²) < 4.78 is 22.6. The van der Waals surface area contributed by atoms with Crippen molar-refractivity contribution in [3.8, 4) is 0 Å². The van der Waals surface area contributed by atoms with Crippen molar-refractivity contribution in [2.75, 3.05) is 0 Å². The van der Waals surface area contributed by atoms with Gasteiger partial charge >= 0.3 is 0 Å². The van der Waals surface area contributed by atoms with Crippen molar-refractivity contribution in [3.63, 3.8) is 0 Å². The summed E-state index contributed by atoms with van der Waals surface area (Å²) in [5, 5.41) is 3.28. The predicted molar refractivity (Wildman–Crippen MR) is 87.9 cm³/mol. The molecule has 1 aromatic carbocycles. The van der Waals surface area contributed by atoms with Crippen LogP contribution in [0.4, 0.5) is 0 Å². The molecule has 0 atom stereocenters. The van der Waals surface area contributed by atoms with E-state index in [9.17, 15) is 13.2 Å². The molecule has 5 rings (SSSR count). The van der Waals surface area contributed by atoms with Crippen molar-refractivity contribution in [3.05, 3.63) is 29.8 Å². The first-order chi connectivity index (χ1) is 10.8. The van der Waals surface area contributed by atoms with Gasteiger partial charge in [0.05, 0.1) is 4.90 Å². The first kappa shape index (κ1) is 15.5. The van der Waals surface area contributed by atoms with Gasteiger partial charge in [0, 0.05) is 21.8 Å². The number of benzene rings is 1. The zero-order valence-electron chi connectivity index (χ0n) is 12.8. The van der Waals surface area contributed by atoms with E-state index in [2.05, 4.69) is 5.32 Å². The number of rotatable bonds is 3. The Morgan fingerprint density at radius 3 is 1.91 bits per heavy atom. The Bertz CT molecular complexity index is 706. The van der Waals surface area contributed by atoms with Gasteiger partial charge in [-0.15, -0.1) is 0 Å². The molecule has 1 amide bonds. The topological polar surface area (TPSA) is 63.2 Å². The lowest BCUT2D eigenvalue weighted by atomic mass is 9.53. The first-order valence-electron chi connectivity index (χ1n) is 8.20. The lowest BCUT2D eigenvalue weighted by Crippen LogP contribution is -2.59. The van der Waals surface area contributed by atoms with Crippen LogP contribution in [-0.4, -0.2) is 19.9 Å². The maximum Gasteiger partial charge on any atom is 0.261 e. The minimum Gasteiger partial charge on any atom is -0.347 e. The number of nitrogens with one attached hydrogen (secondary N) is 1. The van der Waals surface area contributed by atoms with E-state index in [1.165, 1.54) is 43.5 Å². The normalized spacial score (nSPS) is 35.3. The fourth-order valence-corrected chi connectivity index (χ4v) is 6.12. The molecule has 4 aliphatic carbocycles. The maximum absolute atomic E-state index is 12.6. The van der Waals surface area contributed by atoms with Gasteiger partial charge in [0.15, 0.2) is 0 Å². The quantitative estimate of drug-likeness (QED) is 0.848. The molecule has 4 aliphatic rings. The van der Waals surface area contributed by atoms with Gasteiger partial charge in [-0.1, -0.05) is 0 Å². The molecule has 1 aromatic rings. The summed E-state index contributed by atoms with van der Waals surface area (Å²) in [6.45, 7) is 0. The van der Waals surface area contributed by atoms with Gasteiger partial charge in [-0.05, 0) is 80.5 Å². The van der Waals surface area contributed by atoms with Crippen LogP contribution >= 0.6 is 10.7 Å². The Labute approximate surface area is 141 Å². The molecule has 124 valence electrons. The van der Waals surface area contributed by atoms with Gasteiger partial charge in [-0.3, -0.25) is 4.79 Å². The fourth-order valence-electron chi connectivity index (χ4n) is 5.35. The summed E-state index contributed by atoms with van der Waals surface area (Å²) >= 11 is 0. The number of hydrogen-bond acceptors (Lipinski definition) is 3. The molecule has 1 N–H and O–H groups in total. The Balaban J connectivity index is 1.52. The molecule has 6 heteroatoms. The van der Waals surface area contributed by atoms with Crippen LogP contribution < -0.4 is 5.32 Å². The molecule has 0 heterocycles. The highest BCUT2D eigenvalue weighted by atomic mass is 35.7. The Hall–Kier alpha value is -1.07. The number of carbonyl (C=O) groups excluding carboxylic acids is 1. The van der Waals surface area contributed by atoms with Crippen molar-refractivity contribution >= 4 is 25.6 Å². The average molecular weight is 354 g/mol. The van der Waals surface area contributed by atoms with Crippen LogP contribution in [0.15, 0.2) is 29.2 Å². The molecule has 0 aliphatic heterocycles. The van der Waals surface area contributed by atoms with E-state index < -0.39 is 9.05 Å². The fraction of sp³-hybridized carbons (Fsp3) is 0.588. The second-order valence-corrected chi connectivity index (χ2v) is 10.2. The van der Waals surface area contributed by atoms with Crippen LogP contribution in [0.5, 0.6) is 0 Å². The zero-order valence-corrected chi connectivity index (χ0v) is 14.4. The highest BCUT2D eigenvalue weighted by Gasteiger charge is 2.51. The molecule has 0 aromatic heterocycles. The molecular weight excluding hydrogens is 334 g/mol. The van der Waals surface area contributed by atoms with Gasteiger partial charge < -0.3 is 5.32 Å². The molecular formula is C17H20ClNO3S. The van der Waals surface area contributed by atoms with Crippen molar-refractivity contribution in [1.29, 1.82) is 0 Å². The number of hydrogen-bond donors (Lipinski definition) is 1. The summed E-state index contributed by atoms with van der Waals surface area (Å²) in [5.74, 6) is 2.20. The third-order valence-electron chi connectivity index (χ3n) is 5.81. The summed E-state index contributed by atoms with van der Waals surface area (Å²) in [7, 11) is 1.56. The molecule has 4 fully saturated rings. The van der Waals surface area contributed by atoms with Gasteiger partial charge in [-0.2, -0.15) is 0 Å². The Morgan fingerprint density at radius 1 is 1.00 bits per heavy atom. The van der Waals surface area contributed by atoms with Crippen molar-refractivity contribution in [1.82, 2.24) is 5.32 Å². The summed E-state index contributed by atoms with van der Waals surface area (Å²) in [6.07, 6.45) is 7.28. The van der Waals surface area contributed by atoms with Crippen LogP contribution in [0.1, 0.15) is 48.9 Å². The third kappa shape index (κ3) is 2.89. The van der Waals surface area contributed by atoms with E-state index in [0.717, 1.165) is 37.0 Å². The Kier molecular flexibility index (Phi) is 3.50. The summed E-state index contributed by atoms with van der Waals surface area (Å²) in [5.41, 5.74) is 0.452. The first-order valence-corrected chi connectivity index (χ1v) is 10.5. The molecule has 0 saturated heterocycles. The van der Waals surface area contributed by atoms with Gasteiger partial charge in [0.25, 0.3) is 15.0 Å². The van der Waals surface area contributed by atoms with E-state index in [-0.39, 0.29) is 16.3 Å². The van der Waals surface area contributed by atoms with Crippen LogP contribution in [0.3, 0.4) is 0 Å². The monoisotopic (exact) mass is 353 g/mol. The highest BCUT2D eigenvalue weighted by molar-refractivity contribution is 8.13. The predicted octanol–water partition coefficient (Wildman–Crippen LogP) is 3.31. The van der Waals surface area contributed by atoms with Crippen LogP contribution in [0, 0.1) is 17.8 Å². The largest absolute Gasteiger partial charge is 0.347 e. The van der Waals surface area contributed by atoms with E-state index in [1.807, 2.05) is 0 Å². The van der Waals surface area contributed by atoms with Crippen LogP contribution in [0.25, 0.3) is 0 Å². The van der Waals surface area contributed by atoms with Crippen molar-refractivity contribution < 1.29 is 13.2 Å². The van der Waals surface area contributed by atoms with Crippen LogP contribution in [0.2, 0.25) is 0 Å². The minimum atomic E-state index is -3.75.